The third kappa shape index (κ3) is 5.34. The molecular weight excluding hydrogens is 447 g/mol. The van der Waals surface area contributed by atoms with Gasteiger partial charge in [-0.25, -0.2) is 8.42 Å². The van der Waals surface area contributed by atoms with Gasteiger partial charge < -0.3 is 10.1 Å². The highest BCUT2D eigenvalue weighted by molar-refractivity contribution is 7.89. The molecule has 0 aliphatic carbocycles. The number of rotatable bonds is 7. The van der Waals surface area contributed by atoms with E-state index in [4.69, 9.17) is 27.9 Å². The van der Waals surface area contributed by atoms with Crippen molar-refractivity contribution in [1.82, 2.24) is 9.62 Å². The molecule has 2 aromatic carbocycles. The van der Waals surface area contributed by atoms with E-state index in [0.717, 1.165) is 22.7 Å². The van der Waals surface area contributed by atoms with E-state index >= 15 is 0 Å². The molecule has 0 unspecified atom stereocenters. The number of carbonyl (C=O) groups is 1. The number of nitrogens with zero attached hydrogens (tertiary/aromatic N) is 1. The molecule has 0 radical (unpaired) electrons. The van der Waals surface area contributed by atoms with Gasteiger partial charge in [-0.15, -0.1) is 0 Å². The monoisotopic (exact) mass is 470 g/mol. The van der Waals surface area contributed by atoms with Crippen LogP contribution in [0.5, 0.6) is 0 Å². The molecular formula is C21H24Cl2N2O4S. The van der Waals surface area contributed by atoms with Gasteiger partial charge in [0, 0.05) is 42.3 Å². The molecule has 0 bridgehead atoms. The van der Waals surface area contributed by atoms with Crippen molar-refractivity contribution in [2.75, 3.05) is 33.4 Å². The van der Waals surface area contributed by atoms with Gasteiger partial charge in [0.2, 0.25) is 15.9 Å². The second-order valence-electron chi connectivity index (χ2n) is 7.39. The number of amides is 1. The second-order valence-corrected chi connectivity index (χ2v) is 10.3. The summed E-state index contributed by atoms with van der Waals surface area (Å²) in [5, 5.41) is 3.99. The van der Waals surface area contributed by atoms with Gasteiger partial charge in [-0.3, -0.25) is 4.79 Å². The van der Waals surface area contributed by atoms with Crippen molar-refractivity contribution in [2.24, 2.45) is 0 Å². The largest absolute Gasteiger partial charge is 0.381 e. The molecule has 3 rings (SSSR count). The average molecular weight is 471 g/mol. The lowest BCUT2D eigenvalue weighted by atomic mass is 9.74. The first kappa shape index (κ1) is 23.0. The van der Waals surface area contributed by atoms with Crippen molar-refractivity contribution in [1.29, 1.82) is 0 Å². The zero-order valence-corrected chi connectivity index (χ0v) is 18.9. The Bertz CT molecular complexity index is 990. The number of hydrogen-bond acceptors (Lipinski definition) is 4. The lowest BCUT2D eigenvalue weighted by Gasteiger charge is -2.38. The van der Waals surface area contributed by atoms with E-state index < -0.39 is 10.0 Å². The van der Waals surface area contributed by atoms with Gasteiger partial charge in [0.25, 0.3) is 0 Å². The number of benzene rings is 2. The Morgan fingerprint density at radius 2 is 1.77 bits per heavy atom. The maximum absolute atomic E-state index is 12.7. The van der Waals surface area contributed by atoms with E-state index in [2.05, 4.69) is 5.32 Å². The van der Waals surface area contributed by atoms with Gasteiger partial charge in [-0.1, -0.05) is 35.3 Å². The summed E-state index contributed by atoms with van der Waals surface area (Å²) in [5.74, 6) is -0.372. The minimum absolute atomic E-state index is 0.0852. The smallest absolute Gasteiger partial charge is 0.243 e. The zero-order chi connectivity index (χ0) is 21.8. The number of ether oxygens (including phenoxy) is 1. The van der Waals surface area contributed by atoms with Gasteiger partial charge in [0.05, 0.1) is 11.4 Å². The highest BCUT2D eigenvalue weighted by Gasteiger charge is 2.35. The van der Waals surface area contributed by atoms with Crippen LogP contribution in [0, 0.1) is 0 Å². The first-order valence-corrected chi connectivity index (χ1v) is 11.7. The van der Waals surface area contributed by atoms with E-state index in [1.54, 1.807) is 0 Å². The molecule has 1 aliphatic rings. The minimum Gasteiger partial charge on any atom is -0.381 e. The first-order chi connectivity index (χ1) is 14.2. The Kier molecular flexibility index (Phi) is 7.42. The van der Waals surface area contributed by atoms with Crippen LogP contribution in [0.2, 0.25) is 10.0 Å². The van der Waals surface area contributed by atoms with E-state index in [1.165, 1.54) is 31.3 Å². The van der Waals surface area contributed by atoms with Crippen molar-refractivity contribution in [3.05, 3.63) is 64.1 Å². The third-order valence-electron chi connectivity index (χ3n) is 5.40. The molecule has 0 aromatic heterocycles. The van der Waals surface area contributed by atoms with Crippen molar-refractivity contribution in [3.8, 4) is 0 Å². The number of sulfonamides is 1. The summed E-state index contributed by atoms with van der Waals surface area (Å²) in [5.41, 5.74) is 0.743. The Morgan fingerprint density at radius 3 is 2.40 bits per heavy atom. The molecule has 1 fully saturated rings. The van der Waals surface area contributed by atoms with Gasteiger partial charge in [-0.05, 0) is 54.8 Å². The minimum atomic E-state index is -3.79. The standard InChI is InChI=1S/C21H24Cl2N2O4S/c1-25(30(27,28)19-7-5-17(22)6-8-19)14-20(26)24-15-21(9-11-29-12-10-21)16-3-2-4-18(23)13-16/h2-8,13H,9-12,14-15H2,1H3,(H,24,26). The summed E-state index contributed by atoms with van der Waals surface area (Å²) in [7, 11) is -2.41. The third-order valence-corrected chi connectivity index (χ3v) is 7.70. The molecule has 1 saturated heterocycles. The van der Waals surface area contributed by atoms with Gasteiger partial charge in [0.15, 0.2) is 0 Å². The topological polar surface area (TPSA) is 75.7 Å². The average Bonchev–Trinajstić information content (AvgIpc) is 2.73. The van der Waals surface area contributed by atoms with Crippen LogP contribution in [0.3, 0.4) is 0 Å². The van der Waals surface area contributed by atoms with Crippen molar-refractivity contribution < 1.29 is 17.9 Å². The number of nitrogens with one attached hydrogen (secondary N) is 1. The Balaban J connectivity index is 1.68. The molecule has 2 aromatic rings. The molecule has 1 aliphatic heterocycles. The quantitative estimate of drug-likeness (QED) is 0.671. The van der Waals surface area contributed by atoms with Gasteiger partial charge in [0.1, 0.15) is 0 Å². The maximum atomic E-state index is 12.7. The fourth-order valence-electron chi connectivity index (χ4n) is 3.55. The summed E-state index contributed by atoms with van der Waals surface area (Å²) in [6, 6.07) is 13.5. The van der Waals surface area contributed by atoms with Crippen LogP contribution < -0.4 is 5.32 Å². The fraction of sp³-hybridized carbons (Fsp3) is 0.381. The molecule has 1 amide bonds. The first-order valence-electron chi connectivity index (χ1n) is 9.55. The normalized spacial score (nSPS) is 16.4. The second kappa shape index (κ2) is 9.66. The van der Waals surface area contributed by atoms with Crippen molar-refractivity contribution in [3.63, 3.8) is 0 Å². The van der Waals surface area contributed by atoms with Crippen LogP contribution in [-0.4, -0.2) is 52.0 Å². The Morgan fingerprint density at radius 1 is 1.10 bits per heavy atom. The van der Waals surface area contributed by atoms with E-state index in [-0.39, 0.29) is 22.8 Å². The number of hydrogen-bond donors (Lipinski definition) is 1. The number of likely N-dealkylation sites (N-methyl/N-ethyl adjacent to an activating group) is 1. The molecule has 9 heteroatoms. The molecule has 0 spiro atoms. The highest BCUT2D eigenvalue weighted by atomic mass is 35.5. The molecule has 0 atom stereocenters. The fourth-order valence-corrected chi connectivity index (χ4v) is 4.99. The summed E-state index contributed by atoms with van der Waals surface area (Å²) in [6.07, 6.45) is 1.49. The highest BCUT2D eigenvalue weighted by Crippen LogP contribution is 2.35. The molecule has 162 valence electrons. The summed E-state index contributed by atoms with van der Waals surface area (Å²) < 4.78 is 31.9. The van der Waals surface area contributed by atoms with E-state index in [1.807, 2.05) is 24.3 Å². The Labute approximate surface area is 187 Å². The van der Waals surface area contributed by atoms with Crippen LogP contribution in [-0.2, 0) is 25.0 Å². The number of halogens is 2. The molecule has 30 heavy (non-hydrogen) atoms. The molecule has 6 nitrogen and oxygen atoms in total. The molecule has 0 saturated carbocycles. The van der Waals surface area contributed by atoms with Crippen molar-refractivity contribution >= 4 is 39.1 Å². The summed E-state index contributed by atoms with van der Waals surface area (Å²) in [4.78, 5) is 12.7. The van der Waals surface area contributed by atoms with Crippen LogP contribution >= 0.6 is 23.2 Å². The predicted molar refractivity (Wildman–Crippen MR) is 117 cm³/mol. The summed E-state index contributed by atoms with van der Waals surface area (Å²) >= 11 is 12.0. The number of carbonyl (C=O) groups excluding carboxylic acids is 1. The lowest BCUT2D eigenvalue weighted by molar-refractivity contribution is -0.121. The summed E-state index contributed by atoms with van der Waals surface area (Å²) in [6.45, 7) is 1.28. The van der Waals surface area contributed by atoms with Crippen LogP contribution in [0.4, 0.5) is 0 Å². The maximum Gasteiger partial charge on any atom is 0.243 e. The van der Waals surface area contributed by atoms with Crippen LogP contribution in [0.25, 0.3) is 0 Å². The van der Waals surface area contributed by atoms with E-state index in [0.29, 0.717) is 29.8 Å². The lowest BCUT2D eigenvalue weighted by Crippen LogP contribution is -2.47. The zero-order valence-electron chi connectivity index (χ0n) is 16.6. The van der Waals surface area contributed by atoms with Gasteiger partial charge >= 0.3 is 0 Å². The SMILES string of the molecule is CN(CC(=O)NCC1(c2cccc(Cl)c2)CCOCC1)S(=O)(=O)c1ccc(Cl)cc1. The molecule has 1 N–H and O–H groups in total. The predicted octanol–water partition coefficient (Wildman–Crippen LogP) is 3.48. The van der Waals surface area contributed by atoms with Gasteiger partial charge in [-0.2, -0.15) is 4.31 Å². The van der Waals surface area contributed by atoms with Crippen molar-refractivity contribution in [2.45, 2.75) is 23.2 Å². The molecule has 1 heterocycles. The van der Waals surface area contributed by atoms with Crippen LogP contribution in [0.15, 0.2) is 53.4 Å². The van der Waals surface area contributed by atoms with E-state index in [9.17, 15) is 13.2 Å². The van der Waals surface area contributed by atoms with Crippen LogP contribution in [0.1, 0.15) is 18.4 Å². The Hall–Kier alpha value is -1.64.